The predicted octanol–water partition coefficient (Wildman–Crippen LogP) is 3.00. The molecular formula is C23H21N7O2. The minimum atomic E-state index is -0.197. The number of H-pyrrole nitrogens is 1. The molecule has 2 aromatic carbocycles. The van der Waals surface area contributed by atoms with Gasteiger partial charge >= 0.3 is 0 Å². The Morgan fingerprint density at radius 1 is 1.19 bits per heavy atom. The number of hydrogen-bond donors (Lipinski definition) is 3. The number of nitrogens with zero attached hydrogens (tertiary/aromatic N) is 4. The second-order valence-electron chi connectivity index (χ2n) is 7.31. The Labute approximate surface area is 183 Å². The first-order valence-corrected chi connectivity index (χ1v) is 10.1. The molecule has 9 heteroatoms. The Morgan fingerprint density at radius 3 is 2.88 bits per heavy atom. The van der Waals surface area contributed by atoms with Crippen molar-refractivity contribution < 1.29 is 9.53 Å². The van der Waals surface area contributed by atoms with E-state index in [-0.39, 0.29) is 5.91 Å². The summed E-state index contributed by atoms with van der Waals surface area (Å²) in [6.45, 7) is 0.892. The third-order valence-corrected chi connectivity index (χ3v) is 5.32. The summed E-state index contributed by atoms with van der Waals surface area (Å²) in [5.74, 6) is 0.706. The number of nitrogen functional groups attached to an aromatic ring is 1. The largest absolute Gasteiger partial charge is 0.496 e. The Bertz CT molecular complexity index is 1420. The first-order valence-electron chi connectivity index (χ1n) is 10.1. The van der Waals surface area contributed by atoms with Crippen LogP contribution >= 0.6 is 0 Å². The van der Waals surface area contributed by atoms with Gasteiger partial charge in [-0.1, -0.05) is 24.3 Å². The van der Waals surface area contributed by atoms with Crippen molar-refractivity contribution in [3.8, 4) is 17.0 Å². The molecule has 0 saturated carbocycles. The first kappa shape index (κ1) is 19.6. The van der Waals surface area contributed by atoms with Crippen molar-refractivity contribution in [3.05, 3.63) is 66.5 Å². The number of aromatic amines is 1. The van der Waals surface area contributed by atoms with Crippen LogP contribution in [-0.2, 0) is 6.54 Å². The van der Waals surface area contributed by atoms with Gasteiger partial charge in [-0.25, -0.2) is 4.98 Å². The van der Waals surface area contributed by atoms with Crippen molar-refractivity contribution in [2.45, 2.75) is 6.54 Å². The zero-order valence-corrected chi connectivity index (χ0v) is 17.4. The van der Waals surface area contributed by atoms with Crippen molar-refractivity contribution in [2.75, 3.05) is 19.4 Å². The summed E-state index contributed by atoms with van der Waals surface area (Å²) in [4.78, 5) is 17.0. The van der Waals surface area contributed by atoms with Gasteiger partial charge in [-0.15, -0.1) is 0 Å². The van der Waals surface area contributed by atoms with E-state index >= 15 is 0 Å². The van der Waals surface area contributed by atoms with Crippen LogP contribution < -0.4 is 15.8 Å². The van der Waals surface area contributed by atoms with Crippen molar-refractivity contribution in [3.63, 3.8) is 0 Å². The number of carbonyl (C=O) groups is 1. The number of anilines is 1. The van der Waals surface area contributed by atoms with Gasteiger partial charge in [0.05, 0.1) is 30.4 Å². The van der Waals surface area contributed by atoms with Gasteiger partial charge in [0.15, 0.2) is 5.82 Å². The van der Waals surface area contributed by atoms with Gasteiger partial charge in [0.1, 0.15) is 11.3 Å². The molecule has 0 fully saturated rings. The van der Waals surface area contributed by atoms with Crippen LogP contribution in [-0.4, -0.2) is 44.5 Å². The topological polar surface area (TPSA) is 124 Å². The molecule has 3 heterocycles. The van der Waals surface area contributed by atoms with E-state index in [1.807, 2.05) is 36.5 Å². The quantitative estimate of drug-likeness (QED) is 0.383. The highest BCUT2D eigenvalue weighted by atomic mass is 16.5. The molecule has 9 nitrogen and oxygen atoms in total. The van der Waals surface area contributed by atoms with E-state index in [0.717, 1.165) is 27.5 Å². The number of aromatic nitrogens is 5. The molecule has 160 valence electrons. The van der Waals surface area contributed by atoms with Gasteiger partial charge in [0.2, 0.25) is 0 Å². The maximum atomic E-state index is 12.5. The molecule has 0 aliphatic carbocycles. The Hall–Kier alpha value is -4.40. The van der Waals surface area contributed by atoms with Crippen molar-refractivity contribution in [1.29, 1.82) is 0 Å². The fourth-order valence-corrected chi connectivity index (χ4v) is 3.75. The number of ether oxygens (including phenoxy) is 1. The second-order valence-corrected chi connectivity index (χ2v) is 7.31. The highest BCUT2D eigenvalue weighted by Gasteiger charge is 2.13. The van der Waals surface area contributed by atoms with Gasteiger partial charge in [-0.3, -0.25) is 14.6 Å². The Kier molecular flexibility index (Phi) is 4.91. The van der Waals surface area contributed by atoms with Crippen molar-refractivity contribution >= 4 is 33.5 Å². The van der Waals surface area contributed by atoms with Crippen LogP contribution in [0, 0.1) is 0 Å². The number of nitrogens with one attached hydrogen (secondary N) is 2. The fraction of sp³-hybridized carbons (Fsp3) is 0.130. The minimum Gasteiger partial charge on any atom is -0.496 e. The zero-order valence-electron chi connectivity index (χ0n) is 17.4. The maximum absolute atomic E-state index is 12.5. The van der Waals surface area contributed by atoms with E-state index in [1.54, 1.807) is 36.2 Å². The van der Waals surface area contributed by atoms with E-state index in [4.69, 9.17) is 10.5 Å². The van der Waals surface area contributed by atoms with Crippen LogP contribution in [0.1, 0.15) is 10.4 Å². The van der Waals surface area contributed by atoms with Crippen LogP contribution in [0.5, 0.6) is 5.75 Å². The number of rotatable bonds is 6. The summed E-state index contributed by atoms with van der Waals surface area (Å²) >= 11 is 0. The Morgan fingerprint density at radius 2 is 2.06 bits per heavy atom. The summed E-state index contributed by atoms with van der Waals surface area (Å²) in [6, 6.07) is 15.0. The molecule has 0 aliphatic rings. The zero-order chi connectivity index (χ0) is 22.1. The molecule has 0 aliphatic heterocycles. The number of amides is 1. The summed E-state index contributed by atoms with van der Waals surface area (Å²) in [5, 5.41) is 16.3. The van der Waals surface area contributed by atoms with Crippen LogP contribution in [0.3, 0.4) is 0 Å². The molecule has 5 rings (SSSR count). The van der Waals surface area contributed by atoms with Crippen LogP contribution in [0.4, 0.5) is 5.82 Å². The molecule has 3 aromatic heterocycles. The molecule has 0 unspecified atom stereocenters. The number of benzene rings is 2. The lowest BCUT2D eigenvalue weighted by Gasteiger charge is -2.09. The van der Waals surface area contributed by atoms with Gasteiger partial charge in [-0.2, -0.15) is 10.2 Å². The molecule has 1 amide bonds. The fourth-order valence-electron chi connectivity index (χ4n) is 3.75. The lowest BCUT2D eigenvalue weighted by molar-refractivity contribution is 0.0949. The van der Waals surface area contributed by atoms with Crippen LogP contribution in [0.2, 0.25) is 0 Å². The average molecular weight is 427 g/mol. The van der Waals surface area contributed by atoms with E-state index in [2.05, 4.69) is 25.6 Å². The van der Waals surface area contributed by atoms with Crippen molar-refractivity contribution in [1.82, 2.24) is 30.3 Å². The summed E-state index contributed by atoms with van der Waals surface area (Å²) in [7, 11) is 1.54. The van der Waals surface area contributed by atoms with E-state index < -0.39 is 0 Å². The van der Waals surface area contributed by atoms with Gasteiger partial charge < -0.3 is 15.8 Å². The van der Waals surface area contributed by atoms with Crippen LogP contribution in [0.25, 0.3) is 33.1 Å². The normalized spacial score (nSPS) is 11.2. The third-order valence-electron chi connectivity index (χ3n) is 5.32. The highest BCUT2D eigenvalue weighted by molar-refractivity contribution is 6.08. The summed E-state index contributed by atoms with van der Waals surface area (Å²) in [6.07, 6.45) is 3.64. The molecule has 0 saturated heterocycles. The average Bonchev–Trinajstić information content (AvgIpc) is 3.49. The number of para-hydroxylation sites is 1. The SMILES string of the molecule is COc1ccccc1C(=O)NCCn1cc2c(n1)c(N)nc1cc(-c3ccn[nH]3)ccc12. The molecule has 32 heavy (non-hydrogen) atoms. The lowest BCUT2D eigenvalue weighted by atomic mass is 10.1. The minimum absolute atomic E-state index is 0.197. The van der Waals surface area contributed by atoms with Crippen LogP contribution in [0.15, 0.2) is 60.9 Å². The number of methoxy groups -OCH3 is 1. The monoisotopic (exact) mass is 427 g/mol. The number of nitrogens with two attached hydrogens (primary N) is 1. The molecule has 5 aromatic rings. The molecule has 4 N–H and O–H groups in total. The number of pyridine rings is 1. The van der Waals surface area contributed by atoms with Gasteiger partial charge in [0, 0.05) is 35.3 Å². The molecular weight excluding hydrogens is 406 g/mol. The second kappa shape index (κ2) is 8.03. The third kappa shape index (κ3) is 3.49. The summed E-state index contributed by atoms with van der Waals surface area (Å²) < 4.78 is 7.02. The molecule has 0 atom stereocenters. The van der Waals surface area contributed by atoms with E-state index in [1.165, 1.54) is 0 Å². The summed E-state index contributed by atoms with van der Waals surface area (Å²) in [5.41, 5.74) is 10.0. The van der Waals surface area contributed by atoms with Gasteiger partial charge in [0.25, 0.3) is 5.91 Å². The lowest BCUT2D eigenvalue weighted by Crippen LogP contribution is -2.27. The number of fused-ring (bicyclic) bond motifs is 3. The van der Waals surface area contributed by atoms with E-state index in [0.29, 0.717) is 35.7 Å². The smallest absolute Gasteiger partial charge is 0.255 e. The van der Waals surface area contributed by atoms with Gasteiger partial charge in [-0.05, 0) is 24.3 Å². The maximum Gasteiger partial charge on any atom is 0.255 e. The highest BCUT2D eigenvalue weighted by Crippen LogP contribution is 2.29. The molecule has 0 radical (unpaired) electrons. The standard InChI is InChI=1S/C23H21N7O2/c1-32-20-5-3-2-4-16(20)23(31)25-10-11-30-13-17-15-7-6-14(18-8-9-26-28-18)12-19(15)27-22(24)21(17)29-30/h2-9,12-13H,10-11H2,1H3,(H2,24,27)(H,25,31)(H,26,28). The van der Waals surface area contributed by atoms with E-state index in [9.17, 15) is 4.79 Å². The molecule has 0 spiro atoms. The Balaban J connectivity index is 1.38. The number of carbonyl (C=O) groups excluding carboxylic acids is 1. The molecule has 0 bridgehead atoms. The first-order chi connectivity index (χ1) is 15.6. The van der Waals surface area contributed by atoms with Crippen molar-refractivity contribution in [2.24, 2.45) is 0 Å². The number of hydrogen-bond acceptors (Lipinski definition) is 6. The predicted molar refractivity (Wildman–Crippen MR) is 122 cm³/mol.